The van der Waals surface area contributed by atoms with Crippen LogP contribution < -0.4 is 25.0 Å². The summed E-state index contributed by atoms with van der Waals surface area (Å²) in [6.07, 6.45) is 7.19. The minimum Gasteiger partial charge on any atom is -0.376 e. The van der Waals surface area contributed by atoms with Crippen molar-refractivity contribution in [2.24, 2.45) is 10.1 Å². The molecule has 6 rings (SSSR count). The zero-order valence-corrected chi connectivity index (χ0v) is 39.4. The maximum Gasteiger partial charge on any atom is 0.333 e. The van der Waals surface area contributed by atoms with E-state index in [9.17, 15) is 35.2 Å². The van der Waals surface area contributed by atoms with Gasteiger partial charge in [0.2, 0.25) is 6.08 Å². The maximum absolute atomic E-state index is 14.4. The monoisotopic (exact) mass is 966 g/mol. The number of hydrogen-bond donors (Lipinski definition) is 3. The predicted octanol–water partition coefficient (Wildman–Crippen LogP) is 6.29. The molecule has 0 saturated heterocycles. The molecule has 0 aliphatic heterocycles. The Balaban J connectivity index is 0.000000250. The van der Waals surface area contributed by atoms with Gasteiger partial charge in [0, 0.05) is 63.8 Å². The molecule has 20 nitrogen and oxygen atoms in total. The molecule has 4 heterocycles. The third-order valence-electron chi connectivity index (χ3n) is 9.31. The largest absolute Gasteiger partial charge is 0.376 e. The molecule has 4 N–H and O–H groups in total. The number of aromatic nitrogens is 6. The summed E-state index contributed by atoms with van der Waals surface area (Å²) in [5, 5.41) is 39.0. The number of nitrogens with zero attached hydrogens (tertiary/aromatic N) is 11. The number of isocyanates is 1. The van der Waals surface area contributed by atoms with Gasteiger partial charge >= 0.3 is 6.03 Å². The molecule has 0 radical (unpaired) electrons. The molecule has 2 aromatic carbocycles. The minimum absolute atomic E-state index is 0.0103. The Kier molecular flexibility index (Phi) is 17.6. The number of nitrogens with one attached hydrogen (secondary N) is 2. The Labute approximate surface area is 391 Å². The lowest BCUT2D eigenvalue weighted by Crippen LogP contribution is -2.35. The average molecular weight is 967 g/mol. The van der Waals surface area contributed by atoms with Gasteiger partial charge in [-0.3, -0.25) is 0 Å². The Morgan fingerprint density at radius 2 is 1.19 bits per heavy atom. The normalized spacial score (nSPS) is 10.8. The summed E-state index contributed by atoms with van der Waals surface area (Å²) >= 11 is 0. The number of anilines is 3. The maximum atomic E-state index is 14.4. The van der Waals surface area contributed by atoms with Gasteiger partial charge in [0.1, 0.15) is 35.2 Å². The molecule has 352 valence electrons. The number of hydrogen-bond acceptors (Lipinski definition) is 17. The van der Waals surface area contributed by atoms with Crippen LogP contribution in [0.1, 0.15) is 62.0 Å². The number of nitriles is 2. The van der Waals surface area contributed by atoms with Crippen LogP contribution in [-0.2, 0) is 24.8 Å². The molecule has 0 saturated carbocycles. The second-order valence-corrected chi connectivity index (χ2v) is 18.4. The van der Waals surface area contributed by atoms with Gasteiger partial charge in [-0.2, -0.15) is 34.1 Å². The molecule has 24 heteroatoms. The average Bonchev–Trinajstić information content (AvgIpc) is 3.29. The number of carbonyl (C=O) groups excluding carboxylic acids is 2. The molecule has 2 amide bonds. The molecule has 4 aromatic heterocycles. The number of aliphatic imine (C=N–C) groups is 1. The second-order valence-electron chi connectivity index (χ2n) is 15.3. The highest BCUT2D eigenvalue weighted by Gasteiger charge is 2.24. The van der Waals surface area contributed by atoms with E-state index < -0.39 is 42.7 Å². The molecule has 0 spiro atoms. The van der Waals surface area contributed by atoms with Gasteiger partial charge in [0.15, 0.2) is 10.1 Å². The van der Waals surface area contributed by atoms with Gasteiger partial charge in [0.25, 0.3) is 20.0 Å². The van der Waals surface area contributed by atoms with Gasteiger partial charge in [-0.25, -0.2) is 46.6 Å². The fourth-order valence-electron chi connectivity index (χ4n) is 5.97. The zero-order valence-electron chi connectivity index (χ0n) is 37.8. The highest BCUT2D eigenvalue weighted by Crippen LogP contribution is 2.38. The second kappa shape index (κ2) is 22.8. The quantitative estimate of drug-likeness (QED) is 0.0949. The Hall–Kier alpha value is -8.15. The lowest BCUT2D eigenvalue weighted by atomic mass is 9.94. The number of nitrogens with two attached hydrogens (primary N) is 1. The number of sulfonamides is 2. The van der Waals surface area contributed by atoms with Crippen LogP contribution >= 0.6 is 0 Å². The third-order valence-corrected chi connectivity index (χ3v) is 11.3. The molecule has 0 aliphatic carbocycles. The number of pyridine rings is 2. The van der Waals surface area contributed by atoms with Crippen LogP contribution in [0.5, 0.6) is 0 Å². The highest BCUT2D eigenvalue weighted by molar-refractivity contribution is 7.90. The van der Waals surface area contributed by atoms with E-state index in [0.717, 1.165) is 0 Å². The molecule has 0 atom stereocenters. The van der Waals surface area contributed by atoms with Gasteiger partial charge in [-0.15, -0.1) is 10.2 Å². The summed E-state index contributed by atoms with van der Waals surface area (Å²) in [5.41, 5.74) is 4.77. The van der Waals surface area contributed by atoms with Crippen LogP contribution in [0.4, 0.5) is 36.3 Å². The number of halogens is 2. The van der Waals surface area contributed by atoms with E-state index >= 15 is 0 Å². The fourth-order valence-corrected chi connectivity index (χ4v) is 7.24. The van der Waals surface area contributed by atoms with Crippen molar-refractivity contribution in [2.75, 3.05) is 43.3 Å². The number of amides is 2. The molecule has 0 unspecified atom stereocenters. The summed E-state index contributed by atoms with van der Waals surface area (Å²) in [6, 6.07) is 16.7. The van der Waals surface area contributed by atoms with E-state index in [0.29, 0.717) is 44.9 Å². The summed E-state index contributed by atoms with van der Waals surface area (Å²) in [4.78, 5) is 38.3. The fraction of sp³-hybridized carbons (Fsp3) is 0.227. The highest BCUT2D eigenvalue weighted by atomic mass is 32.2. The van der Waals surface area contributed by atoms with E-state index in [2.05, 4.69) is 40.7 Å². The van der Waals surface area contributed by atoms with Crippen LogP contribution in [0.3, 0.4) is 0 Å². The van der Waals surface area contributed by atoms with Crippen molar-refractivity contribution in [3.8, 4) is 34.4 Å². The minimum atomic E-state index is -4.35. The van der Waals surface area contributed by atoms with E-state index in [-0.39, 0.29) is 39.5 Å². The third kappa shape index (κ3) is 13.9. The van der Waals surface area contributed by atoms with Gasteiger partial charge < -0.3 is 15.1 Å². The van der Waals surface area contributed by atoms with E-state index in [1.54, 1.807) is 64.0 Å². The van der Waals surface area contributed by atoms with Crippen LogP contribution in [0.25, 0.3) is 22.3 Å². The van der Waals surface area contributed by atoms with Crippen molar-refractivity contribution in [1.82, 2.24) is 35.1 Å². The summed E-state index contributed by atoms with van der Waals surface area (Å²) in [6.45, 7) is 7.37. The number of rotatable bonds is 11. The van der Waals surface area contributed by atoms with Crippen LogP contribution in [0.2, 0.25) is 0 Å². The van der Waals surface area contributed by atoms with Crippen molar-refractivity contribution in [3.63, 3.8) is 0 Å². The van der Waals surface area contributed by atoms with Gasteiger partial charge in [0.05, 0.1) is 35.1 Å². The number of carbonyl (C=O) groups is 1. The topological polar surface area (TPSA) is 296 Å². The lowest BCUT2D eigenvalue weighted by molar-refractivity contribution is 0.256. The van der Waals surface area contributed by atoms with Crippen LogP contribution in [-0.4, -0.2) is 87.5 Å². The molecular weight excluding hydrogens is 923 g/mol. The van der Waals surface area contributed by atoms with Gasteiger partial charge in [-0.1, -0.05) is 27.7 Å². The first kappa shape index (κ1) is 52.5. The predicted molar refractivity (Wildman–Crippen MR) is 248 cm³/mol. The first-order valence-corrected chi connectivity index (χ1v) is 22.9. The Morgan fingerprint density at radius 1 is 0.721 bits per heavy atom. The number of benzene rings is 2. The van der Waals surface area contributed by atoms with Crippen LogP contribution in [0.15, 0.2) is 100 Å². The standard InChI is InChI=1S/C22H22FN7O3S.C16H12FN3O.C6H10N4O2S/c1-13(2)18-8-15(23)9-19(14-5-6-25-16(7-14)11-24)21(18)27-22(31)29-34(32,33)20-10-17(30(3)4)12-26-28-20;1-10(2)14-6-12(17)7-15(16(14)20-9-21)11-3-4-19-13(5-11)8-18;1-10(2)5-3-6(9-8-4-5)13(7,11)12/h5-10,12-13H,1-4H3,(H2,27,29,31);3-7,10H,1-2H3;3-4H,1-2H3,(H2,7,11,12). The number of primary sulfonamides is 1. The summed E-state index contributed by atoms with van der Waals surface area (Å²) in [5.74, 6) is -1.21. The van der Waals surface area contributed by atoms with Crippen molar-refractivity contribution >= 4 is 54.9 Å². The van der Waals surface area contributed by atoms with E-state index in [4.69, 9.17) is 15.7 Å². The molecule has 0 bridgehead atoms. The molecule has 0 aliphatic rings. The van der Waals surface area contributed by atoms with Crippen molar-refractivity contribution in [1.29, 1.82) is 10.5 Å². The molecular formula is C44H44F2N14O6S2. The smallest absolute Gasteiger partial charge is 0.333 e. The van der Waals surface area contributed by atoms with E-state index in [1.807, 2.05) is 30.7 Å². The Morgan fingerprint density at radius 3 is 1.66 bits per heavy atom. The number of urea groups is 1. The molecule has 0 fully saturated rings. The van der Waals surface area contributed by atoms with Crippen LogP contribution in [0, 0.1) is 34.3 Å². The first-order chi connectivity index (χ1) is 32.0. The molecule has 68 heavy (non-hydrogen) atoms. The van der Waals surface area contributed by atoms with Crippen molar-refractivity contribution in [2.45, 2.75) is 49.6 Å². The summed E-state index contributed by atoms with van der Waals surface area (Å²) < 4.78 is 77.4. The zero-order chi connectivity index (χ0) is 50.5. The first-order valence-electron chi connectivity index (χ1n) is 19.8. The SMILES string of the molecule is CC(C)c1cc(F)cc(-c2ccnc(C#N)c2)c1N=C=O.CC(C)c1cc(F)cc(-c2ccnc(C#N)c2)c1NC(=O)NS(=O)(=O)c1cc(N(C)C)cnn1.CN(C)c1cnnc(S(N)(=O)=O)c1. The lowest BCUT2D eigenvalue weighted by Gasteiger charge is -2.19. The van der Waals surface area contributed by atoms with Crippen molar-refractivity contribution < 1.29 is 35.2 Å². The van der Waals surface area contributed by atoms with E-state index in [1.165, 1.54) is 79.4 Å². The molecule has 6 aromatic rings. The Bertz CT molecular complexity index is 3190. The summed E-state index contributed by atoms with van der Waals surface area (Å²) in [7, 11) is -1.17. The van der Waals surface area contributed by atoms with Crippen molar-refractivity contribution in [3.05, 3.63) is 120 Å². The van der Waals surface area contributed by atoms with Gasteiger partial charge in [-0.05, 0) is 82.6 Å².